The van der Waals surface area contributed by atoms with E-state index < -0.39 is 30.2 Å². The number of hydrogen-bond donors (Lipinski definition) is 1. The quantitative estimate of drug-likeness (QED) is 0.241. The summed E-state index contributed by atoms with van der Waals surface area (Å²) in [7, 11) is -13.3. The van der Waals surface area contributed by atoms with E-state index in [1.165, 1.54) is 0 Å². The Morgan fingerprint density at radius 2 is 1.42 bits per heavy atom. The highest BCUT2D eigenvalue weighted by Crippen LogP contribution is 3.02. The molecule has 38 heavy (non-hydrogen) atoms. The van der Waals surface area contributed by atoms with E-state index in [2.05, 4.69) is 15.5 Å². The van der Waals surface area contributed by atoms with Crippen LogP contribution in [0.3, 0.4) is 0 Å². The van der Waals surface area contributed by atoms with Gasteiger partial charge in [0.05, 0.1) is 10.1 Å². The van der Waals surface area contributed by atoms with Gasteiger partial charge >= 0.3 is 10.2 Å². The summed E-state index contributed by atoms with van der Waals surface area (Å²) in [5, 5.41) is 10.5. The van der Waals surface area contributed by atoms with E-state index in [1.54, 1.807) is 24.3 Å². The minimum atomic E-state index is -9.71. The molecule has 5 rings (SSSR count). The van der Waals surface area contributed by atoms with Crippen molar-refractivity contribution in [3.63, 3.8) is 0 Å². The van der Waals surface area contributed by atoms with Crippen molar-refractivity contribution >= 4 is 31.4 Å². The third-order valence-corrected chi connectivity index (χ3v) is 10.3. The molecule has 1 N–H and O–H groups in total. The van der Waals surface area contributed by atoms with Gasteiger partial charge in [-0.2, -0.15) is 0 Å². The molecule has 0 saturated heterocycles. The molecule has 6 nitrogen and oxygen atoms in total. The molecule has 2 aromatic carbocycles. The summed E-state index contributed by atoms with van der Waals surface area (Å²) in [6.07, 6.45) is 3.59. The normalized spacial score (nSPS) is 20.6. The van der Waals surface area contributed by atoms with Gasteiger partial charge in [-0.05, 0) is 92.3 Å². The van der Waals surface area contributed by atoms with Crippen molar-refractivity contribution in [2.75, 3.05) is 5.32 Å². The maximum Gasteiger partial charge on any atom is 0.310 e. The Labute approximate surface area is 216 Å². The maximum absolute atomic E-state index is 13.3. The van der Waals surface area contributed by atoms with Crippen LogP contribution in [0.25, 0.3) is 16.8 Å². The van der Waals surface area contributed by atoms with Crippen molar-refractivity contribution in [1.29, 1.82) is 0 Å². The summed E-state index contributed by atoms with van der Waals surface area (Å²) in [6, 6.07) is 13.0. The molecule has 1 aliphatic carbocycles. The second-order valence-electron chi connectivity index (χ2n) is 9.57. The van der Waals surface area contributed by atoms with E-state index >= 15 is 0 Å². The lowest BCUT2D eigenvalue weighted by atomic mass is 9.95. The molecule has 0 bridgehead atoms. The molecule has 0 spiro atoms. The number of halogens is 5. The van der Waals surface area contributed by atoms with Crippen molar-refractivity contribution in [2.24, 2.45) is 0 Å². The van der Waals surface area contributed by atoms with Crippen LogP contribution in [0.4, 0.5) is 25.1 Å². The van der Waals surface area contributed by atoms with Gasteiger partial charge in [0, 0.05) is 17.9 Å². The van der Waals surface area contributed by atoms with Crippen LogP contribution in [-0.2, 0) is 9.84 Å². The van der Waals surface area contributed by atoms with Crippen LogP contribution in [0.2, 0.25) is 0 Å². The largest absolute Gasteiger partial charge is 0.382 e. The summed E-state index contributed by atoms with van der Waals surface area (Å²) >= 11 is 0. The summed E-state index contributed by atoms with van der Waals surface area (Å²) in [5.41, 5.74) is 2.74. The van der Waals surface area contributed by atoms with Crippen LogP contribution in [0.15, 0.2) is 76.7 Å². The van der Waals surface area contributed by atoms with Gasteiger partial charge in [-0.1, -0.05) is 31.6 Å². The van der Waals surface area contributed by atoms with Gasteiger partial charge in [-0.3, -0.25) is 4.40 Å². The fraction of sp³-hybridized carbons (Fsp3) is 0.280. The second-order valence-corrected chi connectivity index (χ2v) is 14.2. The summed E-state index contributed by atoms with van der Waals surface area (Å²) in [4.78, 5) is -1.71. The van der Waals surface area contributed by atoms with Crippen molar-refractivity contribution in [2.45, 2.75) is 53.7 Å². The number of rotatable bonds is 6. The van der Waals surface area contributed by atoms with Crippen LogP contribution in [-0.4, -0.2) is 34.3 Å². The van der Waals surface area contributed by atoms with Crippen LogP contribution in [0.1, 0.15) is 31.5 Å². The Hall–Kier alpha value is -3.19. The van der Waals surface area contributed by atoms with Crippen molar-refractivity contribution < 1.29 is 27.8 Å². The van der Waals surface area contributed by atoms with Gasteiger partial charge in [-0.15, -0.1) is 10.2 Å². The SMILES string of the molecule is Cc1nnc2ccc(-c3ccc(S(=O)(=O)C4CCC(Nc5ccc(S(F)(F)(F)(F)F)cc5)CC4)cc3)cn12. The Kier molecular flexibility index (Phi) is 5.84. The molecule has 0 aliphatic heterocycles. The van der Waals surface area contributed by atoms with Crippen LogP contribution < -0.4 is 5.32 Å². The Morgan fingerprint density at radius 1 is 0.816 bits per heavy atom. The van der Waals surface area contributed by atoms with Gasteiger partial charge in [0.1, 0.15) is 10.7 Å². The summed E-state index contributed by atoms with van der Waals surface area (Å²) in [5.74, 6) is 0.743. The fourth-order valence-corrected chi connectivity index (χ4v) is 7.21. The number of nitrogens with zero attached hydrogens (tertiary/aromatic N) is 3. The van der Waals surface area contributed by atoms with E-state index in [4.69, 9.17) is 0 Å². The molecular formula is C25H25F5N4O2S2. The standard InChI is InChI=1S/C25H25F5N4O2S2/c1-17-32-33-25-15-4-19(16-34(17)25)18-2-9-22(10-3-18)37(35,36)23-11-5-20(6-12-23)31-21-7-13-24(14-8-21)38(26,27,28,29)30/h2-4,7-10,13-16,20,23,31H,5-6,11-12H2,1H3. The van der Waals surface area contributed by atoms with Gasteiger partial charge in [0.25, 0.3) is 0 Å². The molecule has 1 fully saturated rings. The molecule has 0 atom stereocenters. The zero-order valence-corrected chi connectivity index (χ0v) is 21.8. The molecule has 0 amide bonds. The highest BCUT2D eigenvalue weighted by molar-refractivity contribution is 8.45. The Balaban J connectivity index is 1.23. The number of pyridine rings is 1. The summed E-state index contributed by atoms with van der Waals surface area (Å²) in [6.45, 7) is 1.84. The smallest absolute Gasteiger partial charge is 0.310 e. The molecule has 1 saturated carbocycles. The Morgan fingerprint density at radius 3 is 2.03 bits per heavy atom. The van der Waals surface area contributed by atoms with Crippen LogP contribution in [0, 0.1) is 6.92 Å². The first kappa shape index (κ1) is 26.4. The number of nitrogens with one attached hydrogen (secondary N) is 1. The average molecular weight is 573 g/mol. The third kappa shape index (κ3) is 5.35. The van der Waals surface area contributed by atoms with E-state index in [9.17, 15) is 27.8 Å². The highest BCUT2D eigenvalue weighted by Gasteiger charge is 2.65. The maximum atomic E-state index is 13.3. The number of aryl methyl sites for hydroxylation is 1. The van der Waals surface area contributed by atoms with E-state index in [0.717, 1.165) is 34.7 Å². The Bertz CT molecular complexity index is 1600. The van der Waals surface area contributed by atoms with Gasteiger partial charge in [0.2, 0.25) is 0 Å². The van der Waals surface area contributed by atoms with Crippen molar-refractivity contribution in [3.05, 3.63) is 72.7 Å². The first-order valence-corrected chi connectivity index (χ1v) is 15.4. The molecule has 13 heteroatoms. The number of hydrogen-bond acceptors (Lipinski definition) is 5. The summed E-state index contributed by atoms with van der Waals surface area (Å²) < 4.78 is 93.0. The highest BCUT2D eigenvalue weighted by atomic mass is 32.5. The van der Waals surface area contributed by atoms with Crippen LogP contribution in [0.5, 0.6) is 0 Å². The number of fused-ring (bicyclic) bond motifs is 1. The minimum absolute atomic E-state index is 0.175. The van der Waals surface area contributed by atoms with Gasteiger partial charge in [0.15, 0.2) is 15.5 Å². The minimum Gasteiger partial charge on any atom is -0.382 e. The molecular weight excluding hydrogens is 547 g/mol. The van der Waals surface area contributed by atoms with E-state index in [1.807, 2.05) is 29.7 Å². The van der Waals surface area contributed by atoms with E-state index in [0.29, 0.717) is 37.8 Å². The molecule has 0 unspecified atom stereocenters. The lowest BCUT2D eigenvalue weighted by Crippen LogP contribution is -2.32. The second kappa shape index (κ2) is 8.40. The van der Waals surface area contributed by atoms with E-state index in [-0.39, 0.29) is 16.6 Å². The third-order valence-electron chi connectivity index (χ3n) is 6.87. The predicted octanol–water partition coefficient (Wildman–Crippen LogP) is 7.56. The van der Waals surface area contributed by atoms with Gasteiger partial charge < -0.3 is 5.32 Å². The zero-order valence-electron chi connectivity index (χ0n) is 20.2. The average Bonchev–Trinajstić information content (AvgIpc) is 3.23. The molecule has 1 aliphatic rings. The lowest BCUT2D eigenvalue weighted by Gasteiger charge is -2.40. The fourth-order valence-electron chi connectivity index (χ4n) is 4.77. The monoisotopic (exact) mass is 572 g/mol. The van der Waals surface area contributed by atoms with Crippen molar-refractivity contribution in [1.82, 2.24) is 14.6 Å². The first-order chi connectivity index (χ1) is 17.6. The lowest BCUT2D eigenvalue weighted by molar-refractivity contribution is 0.364. The molecule has 4 aromatic rings. The number of benzene rings is 2. The van der Waals surface area contributed by atoms with Crippen molar-refractivity contribution in [3.8, 4) is 11.1 Å². The number of sulfone groups is 1. The zero-order chi connectivity index (χ0) is 27.4. The number of aromatic nitrogens is 3. The van der Waals surface area contributed by atoms with Gasteiger partial charge in [-0.25, -0.2) is 8.42 Å². The number of anilines is 1. The topological polar surface area (TPSA) is 76.4 Å². The predicted molar refractivity (Wildman–Crippen MR) is 138 cm³/mol. The van der Waals surface area contributed by atoms with Crippen LogP contribution >= 0.6 is 10.2 Å². The first-order valence-electron chi connectivity index (χ1n) is 11.9. The molecule has 2 heterocycles. The molecule has 2 aromatic heterocycles. The molecule has 204 valence electrons. The molecule has 0 radical (unpaired) electrons.